The largest absolute Gasteiger partial charge is 0.357 e. The molecule has 0 fully saturated rings. The third-order valence-corrected chi connectivity index (χ3v) is 7.42. The summed E-state index contributed by atoms with van der Waals surface area (Å²) in [5.41, 5.74) is 2.15. The van der Waals surface area contributed by atoms with Crippen molar-refractivity contribution in [2.45, 2.75) is 45.7 Å². The van der Waals surface area contributed by atoms with Gasteiger partial charge >= 0.3 is 0 Å². The van der Waals surface area contributed by atoms with Gasteiger partial charge in [-0.05, 0) is 49.1 Å². The van der Waals surface area contributed by atoms with E-state index in [1.165, 1.54) is 16.3 Å². The number of para-hydroxylation sites is 1. The summed E-state index contributed by atoms with van der Waals surface area (Å²) < 4.78 is 26.2. The summed E-state index contributed by atoms with van der Waals surface area (Å²) in [5, 5.41) is 3.38. The SMILES string of the molecule is CC[C@H](C(=O)NC)N(Cc1ccc(Cl)c(Cl)c1)C(=O)CCCN(c1ccccc1C)S(C)(=O)=O. The molecule has 0 spiro atoms. The standard InChI is InChI=1S/C24H31Cl2N3O4S/c1-5-21(24(31)27-3)28(16-18-12-13-19(25)20(26)15-18)23(30)11-8-14-29(34(4,32)33)22-10-7-6-9-17(22)2/h6-7,9-10,12-13,15,21H,5,8,11,14,16H2,1-4H3,(H,27,31)/t21-/m1/s1. The fourth-order valence-corrected chi connectivity index (χ4v) is 5.09. The molecule has 0 aliphatic carbocycles. The van der Waals surface area contributed by atoms with E-state index in [2.05, 4.69) is 5.32 Å². The number of nitrogens with zero attached hydrogens (tertiary/aromatic N) is 2. The van der Waals surface area contributed by atoms with E-state index >= 15 is 0 Å². The minimum absolute atomic E-state index is 0.0761. The van der Waals surface area contributed by atoms with E-state index in [0.29, 0.717) is 28.6 Å². The summed E-state index contributed by atoms with van der Waals surface area (Å²) >= 11 is 12.1. The molecule has 0 heterocycles. The lowest BCUT2D eigenvalue weighted by atomic mass is 10.1. The van der Waals surface area contributed by atoms with Crippen LogP contribution in [-0.2, 0) is 26.2 Å². The van der Waals surface area contributed by atoms with Crippen molar-refractivity contribution in [1.82, 2.24) is 10.2 Å². The minimum atomic E-state index is -3.54. The summed E-state index contributed by atoms with van der Waals surface area (Å²) in [6.07, 6.45) is 1.94. The van der Waals surface area contributed by atoms with Crippen LogP contribution in [0, 0.1) is 6.92 Å². The second-order valence-electron chi connectivity index (χ2n) is 8.03. The molecule has 0 radical (unpaired) electrons. The fourth-order valence-electron chi connectivity index (χ4n) is 3.75. The number of carbonyl (C=O) groups excluding carboxylic acids is 2. The van der Waals surface area contributed by atoms with Crippen LogP contribution in [0.25, 0.3) is 0 Å². The van der Waals surface area contributed by atoms with E-state index in [4.69, 9.17) is 23.2 Å². The lowest BCUT2D eigenvalue weighted by Gasteiger charge is -2.31. The van der Waals surface area contributed by atoms with E-state index in [0.717, 1.165) is 17.4 Å². The summed E-state index contributed by atoms with van der Waals surface area (Å²) in [6, 6.07) is 11.6. The summed E-state index contributed by atoms with van der Waals surface area (Å²) in [5.74, 6) is -0.520. The van der Waals surface area contributed by atoms with Crippen LogP contribution >= 0.6 is 23.2 Å². The molecule has 2 aromatic carbocycles. The number of sulfonamides is 1. The summed E-state index contributed by atoms with van der Waals surface area (Å²) in [7, 11) is -2.01. The number of benzene rings is 2. The number of anilines is 1. The van der Waals surface area contributed by atoms with E-state index in [1.54, 1.807) is 30.3 Å². The second kappa shape index (κ2) is 12.4. The van der Waals surface area contributed by atoms with Crippen LogP contribution in [0.3, 0.4) is 0 Å². The summed E-state index contributed by atoms with van der Waals surface area (Å²) in [6.45, 7) is 3.99. The van der Waals surface area contributed by atoms with Crippen molar-refractivity contribution < 1.29 is 18.0 Å². The first kappa shape index (κ1) is 28.0. The molecule has 186 valence electrons. The van der Waals surface area contributed by atoms with Gasteiger partial charge in [0, 0.05) is 26.6 Å². The smallest absolute Gasteiger partial charge is 0.242 e. The number of rotatable bonds is 11. The van der Waals surface area contributed by atoms with E-state index in [1.807, 2.05) is 26.0 Å². The molecule has 7 nitrogen and oxygen atoms in total. The molecule has 0 bridgehead atoms. The Morgan fingerprint density at radius 2 is 1.76 bits per heavy atom. The van der Waals surface area contributed by atoms with Crippen LogP contribution in [-0.4, -0.2) is 51.0 Å². The van der Waals surface area contributed by atoms with Crippen LogP contribution in [0.2, 0.25) is 10.0 Å². The van der Waals surface area contributed by atoms with Gasteiger partial charge in [0.15, 0.2) is 0 Å². The monoisotopic (exact) mass is 527 g/mol. The molecule has 0 aromatic heterocycles. The Bertz CT molecular complexity index is 1120. The van der Waals surface area contributed by atoms with Gasteiger partial charge in [-0.2, -0.15) is 0 Å². The maximum Gasteiger partial charge on any atom is 0.242 e. The number of likely N-dealkylation sites (N-methyl/N-ethyl adjacent to an activating group) is 1. The third kappa shape index (κ3) is 7.35. The molecule has 2 amide bonds. The average molecular weight is 529 g/mol. The van der Waals surface area contributed by atoms with Crippen molar-refractivity contribution >= 4 is 50.7 Å². The van der Waals surface area contributed by atoms with E-state index in [9.17, 15) is 18.0 Å². The van der Waals surface area contributed by atoms with Crippen LogP contribution in [0.1, 0.15) is 37.3 Å². The van der Waals surface area contributed by atoms with Crippen molar-refractivity contribution in [2.75, 3.05) is 24.2 Å². The molecule has 34 heavy (non-hydrogen) atoms. The second-order valence-corrected chi connectivity index (χ2v) is 10.8. The molecule has 10 heteroatoms. The zero-order chi connectivity index (χ0) is 25.5. The number of nitrogens with one attached hydrogen (secondary N) is 1. The summed E-state index contributed by atoms with van der Waals surface area (Å²) in [4.78, 5) is 27.3. The first-order valence-corrected chi connectivity index (χ1v) is 13.6. The lowest BCUT2D eigenvalue weighted by molar-refractivity contribution is -0.141. The van der Waals surface area contributed by atoms with Gasteiger partial charge in [-0.25, -0.2) is 8.42 Å². The van der Waals surface area contributed by atoms with Gasteiger partial charge in [-0.15, -0.1) is 0 Å². The molecular formula is C24H31Cl2N3O4S. The molecule has 0 saturated carbocycles. The van der Waals surface area contributed by atoms with Crippen molar-refractivity contribution in [2.24, 2.45) is 0 Å². The highest BCUT2D eigenvalue weighted by Crippen LogP contribution is 2.25. The molecule has 0 aliphatic heterocycles. The number of hydrogen-bond donors (Lipinski definition) is 1. The highest BCUT2D eigenvalue weighted by molar-refractivity contribution is 7.92. The Morgan fingerprint density at radius 3 is 2.32 bits per heavy atom. The van der Waals surface area contributed by atoms with Crippen molar-refractivity contribution in [3.05, 3.63) is 63.6 Å². The van der Waals surface area contributed by atoms with Crippen molar-refractivity contribution in [3.63, 3.8) is 0 Å². The predicted octanol–water partition coefficient (Wildman–Crippen LogP) is 4.40. The van der Waals surface area contributed by atoms with E-state index in [-0.39, 0.29) is 31.3 Å². The van der Waals surface area contributed by atoms with Gasteiger partial charge in [-0.1, -0.05) is 54.4 Å². The van der Waals surface area contributed by atoms with Gasteiger partial charge in [0.1, 0.15) is 6.04 Å². The molecule has 1 atom stereocenters. The molecular weight excluding hydrogens is 497 g/mol. The van der Waals surface area contributed by atoms with Crippen LogP contribution in [0.15, 0.2) is 42.5 Å². The maximum absolute atomic E-state index is 13.3. The van der Waals surface area contributed by atoms with Crippen LogP contribution in [0.4, 0.5) is 5.69 Å². The number of hydrogen-bond acceptors (Lipinski definition) is 4. The quantitative estimate of drug-likeness (QED) is 0.469. The number of halogens is 2. The first-order chi connectivity index (χ1) is 16.0. The van der Waals surface area contributed by atoms with Gasteiger partial charge in [0.05, 0.1) is 22.0 Å². The molecule has 0 unspecified atom stereocenters. The first-order valence-electron chi connectivity index (χ1n) is 11.0. The highest BCUT2D eigenvalue weighted by atomic mass is 35.5. The molecule has 2 aromatic rings. The minimum Gasteiger partial charge on any atom is -0.357 e. The third-order valence-electron chi connectivity index (χ3n) is 5.51. The maximum atomic E-state index is 13.3. The Hall–Kier alpha value is -2.29. The van der Waals surface area contributed by atoms with Crippen LogP contribution in [0.5, 0.6) is 0 Å². The molecule has 2 rings (SSSR count). The zero-order valence-corrected chi connectivity index (χ0v) is 22.2. The van der Waals surface area contributed by atoms with Crippen molar-refractivity contribution in [1.29, 1.82) is 0 Å². The zero-order valence-electron chi connectivity index (χ0n) is 19.8. The van der Waals surface area contributed by atoms with Gasteiger partial charge < -0.3 is 10.2 Å². The lowest BCUT2D eigenvalue weighted by Crippen LogP contribution is -2.48. The molecule has 1 N–H and O–H groups in total. The number of amides is 2. The topological polar surface area (TPSA) is 86.8 Å². The molecule has 0 aliphatic rings. The average Bonchev–Trinajstić information content (AvgIpc) is 2.78. The van der Waals surface area contributed by atoms with Crippen molar-refractivity contribution in [3.8, 4) is 0 Å². The Kier molecular flexibility index (Phi) is 10.2. The van der Waals surface area contributed by atoms with Crippen LogP contribution < -0.4 is 9.62 Å². The number of carbonyl (C=O) groups is 2. The predicted molar refractivity (Wildman–Crippen MR) is 138 cm³/mol. The van der Waals surface area contributed by atoms with Gasteiger partial charge in [0.25, 0.3) is 0 Å². The number of aryl methyl sites for hydroxylation is 1. The van der Waals surface area contributed by atoms with Gasteiger partial charge in [-0.3, -0.25) is 13.9 Å². The van der Waals surface area contributed by atoms with Gasteiger partial charge in [0.2, 0.25) is 21.8 Å². The fraction of sp³-hybridized carbons (Fsp3) is 0.417. The normalized spacial score (nSPS) is 12.2. The van der Waals surface area contributed by atoms with E-state index < -0.39 is 16.1 Å². The highest BCUT2D eigenvalue weighted by Gasteiger charge is 2.28. The Morgan fingerprint density at radius 1 is 1.09 bits per heavy atom. The molecule has 0 saturated heterocycles. The Balaban J connectivity index is 2.22. The Labute approximate surface area is 212 Å².